The van der Waals surface area contributed by atoms with Gasteiger partial charge in [0.05, 0.1) is 11.4 Å². The highest BCUT2D eigenvalue weighted by Gasteiger charge is 2.28. The van der Waals surface area contributed by atoms with E-state index in [1.807, 2.05) is 6.07 Å². The van der Waals surface area contributed by atoms with Gasteiger partial charge in [0.1, 0.15) is 0 Å². The molecule has 1 aliphatic heterocycles. The molecule has 1 heterocycles. The summed E-state index contributed by atoms with van der Waals surface area (Å²) < 4.78 is 25.5. The van der Waals surface area contributed by atoms with Crippen LogP contribution in [-0.2, 0) is 10.0 Å². The van der Waals surface area contributed by atoms with Crippen LogP contribution in [0.3, 0.4) is 0 Å². The van der Waals surface area contributed by atoms with Crippen LogP contribution < -0.4 is 9.62 Å². The molecule has 1 amide bonds. The summed E-state index contributed by atoms with van der Waals surface area (Å²) in [7, 11) is -3.19. The average Bonchev–Trinajstić information content (AvgIpc) is 3.08. The SMILES string of the molecule is O=C(NC1CCC(c2ccccc2)CC1)c1ccc(N2CCCS2(=O)=O)cc1. The molecule has 0 aromatic heterocycles. The fraction of sp³-hybridized carbons (Fsp3) is 0.409. The molecule has 5 nitrogen and oxygen atoms in total. The van der Waals surface area contributed by atoms with E-state index in [1.165, 1.54) is 9.87 Å². The fourth-order valence-electron chi connectivity index (χ4n) is 4.27. The highest BCUT2D eigenvalue weighted by Crippen LogP contribution is 2.33. The zero-order chi connectivity index (χ0) is 19.6. The lowest BCUT2D eigenvalue weighted by molar-refractivity contribution is 0.0926. The molecule has 2 aromatic carbocycles. The molecule has 4 rings (SSSR count). The Morgan fingerprint density at radius 3 is 2.21 bits per heavy atom. The molecule has 2 fully saturated rings. The first kappa shape index (κ1) is 19.0. The van der Waals surface area contributed by atoms with Gasteiger partial charge in [0.2, 0.25) is 10.0 Å². The van der Waals surface area contributed by atoms with Crippen molar-refractivity contribution in [2.24, 2.45) is 0 Å². The quantitative estimate of drug-likeness (QED) is 0.854. The molecule has 2 aliphatic rings. The molecule has 6 heteroatoms. The zero-order valence-electron chi connectivity index (χ0n) is 15.9. The minimum absolute atomic E-state index is 0.0843. The van der Waals surface area contributed by atoms with Gasteiger partial charge in [-0.2, -0.15) is 0 Å². The van der Waals surface area contributed by atoms with Crippen molar-refractivity contribution in [1.82, 2.24) is 5.32 Å². The topological polar surface area (TPSA) is 66.5 Å². The molecule has 0 spiro atoms. The lowest BCUT2D eigenvalue weighted by Gasteiger charge is -2.29. The van der Waals surface area contributed by atoms with Crippen LogP contribution in [0.2, 0.25) is 0 Å². The van der Waals surface area contributed by atoms with E-state index in [4.69, 9.17) is 0 Å². The predicted octanol–water partition coefficient (Wildman–Crippen LogP) is 3.68. The highest BCUT2D eigenvalue weighted by molar-refractivity contribution is 7.93. The Hall–Kier alpha value is -2.34. The second-order valence-electron chi connectivity index (χ2n) is 7.72. The van der Waals surface area contributed by atoms with Gasteiger partial charge >= 0.3 is 0 Å². The Labute approximate surface area is 166 Å². The van der Waals surface area contributed by atoms with Crippen molar-refractivity contribution in [2.75, 3.05) is 16.6 Å². The molecule has 0 bridgehead atoms. The maximum atomic E-state index is 12.6. The number of sulfonamides is 1. The Balaban J connectivity index is 1.33. The van der Waals surface area contributed by atoms with Crippen LogP contribution in [0.4, 0.5) is 5.69 Å². The molecule has 0 radical (unpaired) electrons. The van der Waals surface area contributed by atoms with Gasteiger partial charge < -0.3 is 5.32 Å². The summed E-state index contributed by atoms with van der Waals surface area (Å²) in [6.07, 6.45) is 4.78. The number of amides is 1. The Kier molecular flexibility index (Phi) is 5.40. The van der Waals surface area contributed by atoms with Gasteiger partial charge in [-0.3, -0.25) is 9.10 Å². The summed E-state index contributed by atoms with van der Waals surface area (Å²) in [5.41, 5.74) is 2.60. The third-order valence-electron chi connectivity index (χ3n) is 5.85. The monoisotopic (exact) mass is 398 g/mol. The van der Waals surface area contributed by atoms with E-state index in [2.05, 4.69) is 29.6 Å². The molecule has 148 valence electrons. The summed E-state index contributed by atoms with van der Waals surface area (Å²) in [6, 6.07) is 17.7. The number of nitrogens with zero attached hydrogens (tertiary/aromatic N) is 1. The molecular formula is C22H26N2O3S. The minimum Gasteiger partial charge on any atom is -0.349 e. The van der Waals surface area contributed by atoms with Crippen LogP contribution in [0, 0.1) is 0 Å². The summed E-state index contributed by atoms with van der Waals surface area (Å²) in [5, 5.41) is 3.14. The number of nitrogens with one attached hydrogen (secondary N) is 1. The smallest absolute Gasteiger partial charge is 0.251 e. The first-order valence-electron chi connectivity index (χ1n) is 9.99. The van der Waals surface area contributed by atoms with Crippen molar-refractivity contribution < 1.29 is 13.2 Å². The average molecular weight is 399 g/mol. The Morgan fingerprint density at radius 2 is 1.61 bits per heavy atom. The molecule has 1 N–H and O–H groups in total. The Morgan fingerprint density at radius 1 is 0.929 bits per heavy atom. The standard InChI is InChI=1S/C22H26N2O3S/c25-22(19-9-13-21(14-10-19)24-15-4-16-28(24,26)27)23-20-11-7-18(8-12-20)17-5-2-1-3-6-17/h1-3,5-6,9-10,13-14,18,20H,4,7-8,11-12,15-16H2,(H,23,25). The molecule has 28 heavy (non-hydrogen) atoms. The van der Waals surface area contributed by atoms with Crippen molar-refractivity contribution in [3.63, 3.8) is 0 Å². The van der Waals surface area contributed by atoms with Crippen molar-refractivity contribution in [3.8, 4) is 0 Å². The number of carbonyl (C=O) groups excluding carboxylic acids is 1. The molecule has 1 saturated heterocycles. The van der Waals surface area contributed by atoms with E-state index < -0.39 is 10.0 Å². The molecule has 0 unspecified atom stereocenters. The summed E-state index contributed by atoms with van der Waals surface area (Å²) in [4.78, 5) is 12.6. The Bertz CT molecular complexity index is 918. The molecule has 1 saturated carbocycles. The summed E-state index contributed by atoms with van der Waals surface area (Å²) >= 11 is 0. The van der Waals surface area contributed by atoms with E-state index in [1.54, 1.807) is 24.3 Å². The van der Waals surface area contributed by atoms with Gasteiger partial charge in [-0.25, -0.2) is 8.42 Å². The van der Waals surface area contributed by atoms with E-state index in [9.17, 15) is 13.2 Å². The third-order valence-corrected chi connectivity index (χ3v) is 7.72. The lowest BCUT2D eigenvalue weighted by atomic mass is 9.82. The highest BCUT2D eigenvalue weighted by atomic mass is 32.2. The van der Waals surface area contributed by atoms with Crippen molar-refractivity contribution in [2.45, 2.75) is 44.1 Å². The molecule has 0 atom stereocenters. The number of hydrogen-bond acceptors (Lipinski definition) is 3. The number of hydrogen-bond donors (Lipinski definition) is 1. The number of rotatable bonds is 4. The van der Waals surface area contributed by atoms with Crippen molar-refractivity contribution in [1.29, 1.82) is 0 Å². The van der Waals surface area contributed by atoms with Gasteiger partial charge in [0, 0.05) is 18.2 Å². The maximum Gasteiger partial charge on any atom is 0.251 e. The normalized spacial score (nSPS) is 24.1. The van der Waals surface area contributed by atoms with Crippen LogP contribution in [0.25, 0.3) is 0 Å². The van der Waals surface area contributed by atoms with E-state index in [0.29, 0.717) is 30.1 Å². The van der Waals surface area contributed by atoms with Crippen molar-refractivity contribution >= 4 is 21.6 Å². The molecule has 1 aliphatic carbocycles. The van der Waals surface area contributed by atoms with Gasteiger partial charge in [-0.15, -0.1) is 0 Å². The number of carbonyl (C=O) groups is 1. The second-order valence-corrected chi connectivity index (χ2v) is 9.73. The second kappa shape index (κ2) is 7.95. The third kappa shape index (κ3) is 4.07. The largest absolute Gasteiger partial charge is 0.349 e. The zero-order valence-corrected chi connectivity index (χ0v) is 16.7. The predicted molar refractivity (Wildman–Crippen MR) is 111 cm³/mol. The van der Waals surface area contributed by atoms with Gasteiger partial charge in [-0.1, -0.05) is 30.3 Å². The van der Waals surface area contributed by atoms with Crippen LogP contribution in [0.1, 0.15) is 53.9 Å². The van der Waals surface area contributed by atoms with Crippen LogP contribution in [0.15, 0.2) is 54.6 Å². The fourth-order valence-corrected chi connectivity index (χ4v) is 5.84. The minimum atomic E-state index is -3.19. The van der Waals surface area contributed by atoms with E-state index in [0.717, 1.165) is 25.7 Å². The van der Waals surface area contributed by atoms with Crippen LogP contribution >= 0.6 is 0 Å². The first-order chi connectivity index (χ1) is 13.5. The van der Waals surface area contributed by atoms with E-state index >= 15 is 0 Å². The van der Waals surface area contributed by atoms with Crippen molar-refractivity contribution in [3.05, 3.63) is 65.7 Å². The first-order valence-corrected chi connectivity index (χ1v) is 11.6. The lowest BCUT2D eigenvalue weighted by Crippen LogP contribution is -2.37. The maximum absolute atomic E-state index is 12.6. The summed E-state index contributed by atoms with van der Waals surface area (Å²) in [6.45, 7) is 0.512. The van der Waals surface area contributed by atoms with Crippen LogP contribution in [-0.4, -0.2) is 32.7 Å². The van der Waals surface area contributed by atoms with E-state index in [-0.39, 0.29) is 17.7 Å². The van der Waals surface area contributed by atoms with Gasteiger partial charge in [-0.05, 0) is 67.9 Å². The molecule has 2 aromatic rings. The van der Waals surface area contributed by atoms with Gasteiger partial charge in [0.25, 0.3) is 5.91 Å². The number of benzene rings is 2. The molecular weight excluding hydrogens is 372 g/mol. The van der Waals surface area contributed by atoms with Crippen LogP contribution in [0.5, 0.6) is 0 Å². The number of anilines is 1. The summed E-state index contributed by atoms with van der Waals surface area (Å²) in [5.74, 6) is 0.691. The van der Waals surface area contributed by atoms with Gasteiger partial charge in [0.15, 0.2) is 0 Å².